The molecule has 0 saturated carbocycles. The summed E-state index contributed by atoms with van der Waals surface area (Å²) in [4.78, 5) is 37.7. The Labute approximate surface area is 192 Å². The Morgan fingerprint density at radius 1 is 0.758 bits per heavy atom. The van der Waals surface area contributed by atoms with Crippen molar-refractivity contribution in [3.8, 4) is 0 Å². The highest BCUT2D eigenvalue weighted by molar-refractivity contribution is 6.09. The Morgan fingerprint density at radius 3 is 2.15 bits per heavy atom. The Kier molecular flexibility index (Phi) is 7.12. The number of nitrogens with one attached hydrogen (secondary N) is 3. The molecule has 1 aliphatic rings. The molecule has 1 atom stereocenters. The van der Waals surface area contributed by atoms with Gasteiger partial charge in [-0.05, 0) is 61.4 Å². The van der Waals surface area contributed by atoms with Gasteiger partial charge in [0.25, 0.3) is 17.7 Å². The number of amides is 3. The van der Waals surface area contributed by atoms with E-state index < -0.39 is 0 Å². The molecule has 1 aliphatic heterocycles. The van der Waals surface area contributed by atoms with E-state index in [9.17, 15) is 14.4 Å². The third-order valence-corrected chi connectivity index (χ3v) is 5.38. The van der Waals surface area contributed by atoms with E-state index in [0.29, 0.717) is 34.6 Å². The Balaban J connectivity index is 1.38. The van der Waals surface area contributed by atoms with Gasteiger partial charge in [0.1, 0.15) is 0 Å². The number of para-hydroxylation sites is 1. The third kappa shape index (κ3) is 5.84. The number of rotatable bonds is 7. The van der Waals surface area contributed by atoms with Crippen LogP contribution < -0.4 is 16.0 Å². The van der Waals surface area contributed by atoms with Crippen LogP contribution in [0.3, 0.4) is 0 Å². The number of hydrogen-bond donors (Lipinski definition) is 3. The van der Waals surface area contributed by atoms with Crippen LogP contribution in [0.4, 0.5) is 11.4 Å². The van der Waals surface area contributed by atoms with Crippen LogP contribution in [0.25, 0.3) is 0 Å². The maximum atomic E-state index is 12.8. The van der Waals surface area contributed by atoms with Crippen LogP contribution in [0.15, 0.2) is 78.9 Å². The van der Waals surface area contributed by atoms with E-state index in [1.54, 1.807) is 72.8 Å². The minimum atomic E-state index is -0.352. The smallest absolute Gasteiger partial charge is 0.255 e. The Hall–Kier alpha value is -3.97. The van der Waals surface area contributed by atoms with Gasteiger partial charge in [-0.25, -0.2) is 0 Å². The van der Waals surface area contributed by atoms with Crippen molar-refractivity contribution in [2.75, 3.05) is 23.8 Å². The molecule has 0 aliphatic carbocycles. The molecule has 1 fully saturated rings. The molecule has 4 rings (SSSR count). The molecule has 33 heavy (non-hydrogen) atoms. The van der Waals surface area contributed by atoms with E-state index in [0.717, 1.165) is 19.4 Å². The van der Waals surface area contributed by atoms with Crippen molar-refractivity contribution >= 4 is 29.1 Å². The molecule has 7 nitrogen and oxygen atoms in total. The summed E-state index contributed by atoms with van der Waals surface area (Å²) in [7, 11) is 0. The summed E-state index contributed by atoms with van der Waals surface area (Å²) in [6.45, 7) is 1.17. The molecule has 1 unspecified atom stereocenters. The van der Waals surface area contributed by atoms with Crippen molar-refractivity contribution in [1.82, 2.24) is 5.32 Å². The molecule has 3 N–H and O–H groups in total. The largest absolute Gasteiger partial charge is 0.376 e. The van der Waals surface area contributed by atoms with Gasteiger partial charge in [0.2, 0.25) is 0 Å². The monoisotopic (exact) mass is 443 g/mol. The van der Waals surface area contributed by atoms with Crippen molar-refractivity contribution in [1.29, 1.82) is 0 Å². The fourth-order valence-corrected chi connectivity index (χ4v) is 3.59. The number of ether oxygens (including phenoxy) is 1. The first-order chi connectivity index (χ1) is 16.1. The van der Waals surface area contributed by atoms with Crippen molar-refractivity contribution in [3.63, 3.8) is 0 Å². The summed E-state index contributed by atoms with van der Waals surface area (Å²) in [5.74, 6) is -0.841. The summed E-state index contributed by atoms with van der Waals surface area (Å²) in [5, 5.41) is 8.48. The minimum absolute atomic E-state index is 0.0385. The molecule has 0 aromatic heterocycles. The molecular formula is C26H25N3O4. The van der Waals surface area contributed by atoms with Crippen LogP contribution in [-0.4, -0.2) is 37.0 Å². The number of carbonyl (C=O) groups is 3. The number of hydrogen-bond acceptors (Lipinski definition) is 4. The second-order valence-electron chi connectivity index (χ2n) is 7.74. The van der Waals surface area contributed by atoms with Crippen LogP contribution in [-0.2, 0) is 4.74 Å². The molecule has 3 aromatic carbocycles. The maximum Gasteiger partial charge on any atom is 0.255 e. The lowest BCUT2D eigenvalue weighted by Crippen LogP contribution is -2.32. The van der Waals surface area contributed by atoms with Crippen LogP contribution in [0, 0.1) is 0 Å². The average molecular weight is 444 g/mol. The van der Waals surface area contributed by atoms with E-state index in [-0.39, 0.29) is 23.8 Å². The molecule has 0 spiro atoms. The van der Waals surface area contributed by atoms with Gasteiger partial charge in [-0.15, -0.1) is 0 Å². The number of carbonyl (C=O) groups excluding carboxylic acids is 3. The van der Waals surface area contributed by atoms with Crippen molar-refractivity contribution in [2.45, 2.75) is 18.9 Å². The van der Waals surface area contributed by atoms with Gasteiger partial charge < -0.3 is 20.7 Å². The first-order valence-electron chi connectivity index (χ1n) is 10.9. The molecule has 1 saturated heterocycles. The zero-order chi connectivity index (χ0) is 23.0. The second kappa shape index (κ2) is 10.6. The predicted octanol–water partition coefficient (Wildman–Crippen LogP) is 4.10. The summed E-state index contributed by atoms with van der Waals surface area (Å²) in [6, 6.07) is 22.3. The van der Waals surface area contributed by atoms with E-state index in [1.807, 2.05) is 6.07 Å². The number of benzene rings is 3. The Bertz CT molecular complexity index is 1120. The van der Waals surface area contributed by atoms with Crippen LogP contribution in [0.5, 0.6) is 0 Å². The standard InChI is InChI=1S/C26H25N3O4/c30-24(18-7-2-1-3-8-18)28-20-14-12-19(13-15-20)25(31)29-23-11-5-4-10-22(23)26(32)27-17-21-9-6-16-33-21/h1-5,7-8,10-15,21H,6,9,16-17H2,(H,27,32)(H,28,30)(H,29,31). The summed E-state index contributed by atoms with van der Waals surface area (Å²) in [5.41, 5.74) is 2.34. The maximum absolute atomic E-state index is 12.8. The predicted molar refractivity (Wildman–Crippen MR) is 127 cm³/mol. The normalized spacial score (nSPS) is 15.0. The molecule has 0 bridgehead atoms. The molecule has 168 valence electrons. The van der Waals surface area contributed by atoms with Gasteiger partial charge in [-0.2, -0.15) is 0 Å². The van der Waals surface area contributed by atoms with Gasteiger partial charge in [0, 0.05) is 30.0 Å². The molecule has 1 heterocycles. The van der Waals surface area contributed by atoms with Gasteiger partial charge in [-0.3, -0.25) is 14.4 Å². The van der Waals surface area contributed by atoms with Gasteiger partial charge in [0.05, 0.1) is 17.4 Å². The van der Waals surface area contributed by atoms with Gasteiger partial charge >= 0.3 is 0 Å². The molecule has 3 amide bonds. The first kappa shape index (κ1) is 22.2. The fourth-order valence-electron chi connectivity index (χ4n) is 3.59. The summed E-state index contributed by atoms with van der Waals surface area (Å²) in [6.07, 6.45) is 1.97. The first-order valence-corrected chi connectivity index (χ1v) is 10.9. The molecule has 7 heteroatoms. The van der Waals surface area contributed by atoms with Gasteiger partial charge in [0.15, 0.2) is 0 Å². The lowest BCUT2D eigenvalue weighted by Gasteiger charge is -2.14. The zero-order valence-electron chi connectivity index (χ0n) is 18.0. The Morgan fingerprint density at radius 2 is 1.42 bits per heavy atom. The third-order valence-electron chi connectivity index (χ3n) is 5.38. The van der Waals surface area contributed by atoms with Crippen molar-refractivity contribution < 1.29 is 19.1 Å². The zero-order valence-corrected chi connectivity index (χ0v) is 18.0. The fraction of sp³-hybridized carbons (Fsp3) is 0.192. The van der Waals surface area contributed by atoms with Crippen LogP contribution >= 0.6 is 0 Å². The molecule has 0 radical (unpaired) electrons. The highest BCUT2D eigenvalue weighted by Gasteiger charge is 2.19. The topological polar surface area (TPSA) is 96.5 Å². The quantitative estimate of drug-likeness (QED) is 0.512. The SMILES string of the molecule is O=C(Nc1ccc(C(=O)Nc2ccccc2C(=O)NCC2CCCO2)cc1)c1ccccc1. The van der Waals surface area contributed by atoms with Crippen molar-refractivity contribution in [3.05, 3.63) is 95.6 Å². The second-order valence-corrected chi connectivity index (χ2v) is 7.74. The highest BCUT2D eigenvalue weighted by atomic mass is 16.5. The van der Waals surface area contributed by atoms with E-state index >= 15 is 0 Å². The van der Waals surface area contributed by atoms with E-state index in [4.69, 9.17) is 4.74 Å². The lowest BCUT2D eigenvalue weighted by atomic mass is 10.1. The van der Waals surface area contributed by atoms with Crippen molar-refractivity contribution in [2.24, 2.45) is 0 Å². The molecular weight excluding hydrogens is 418 g/mol. The van der Waals surface area contributed by atoms with Crippen LogP contribution in [0.1, 0.15) is 43.9 Å². The highest BCUT2D eigenvalue weighted by Crippen LogP contribution is 2.18. The average Bonchev–Trinajstić information content (AvgIpc) is 3.37. The summed E-state index contributed by atoms with van der Waals surface area (Å²) >= 11 is 0. The molecule has 3 aromatic rings. The van der Waals surface area contributed by atoms with Crippen LogP contribution in [0.2, 0.25) is 0 Å². The van der Waals surface area contributed by atoms with E-state index in [2.05, 4.69) is 16.0 Å². The number of anilines is 2. The van der Waals surface area contributed by atoms with Gasteiger partial charge in [-0.1, -0.05) is 30.3 Å². The summed E-state index contributed by atoms with van der Waals surface area (Å²) < 4.78 is 5.54. The van der Waals surface area contributed by atoms with E-state index in [1.165, 1.54) is 0 Å². The minimum Gasteiger partial charge on any atom is -0.376 e. The lowest BCUT2D eigenvalue weighted by molar-refractivity contribution is 0.0858.